The average Bonchev–Trinajstić information content (AvgIpc) is 2.28. The van der Waals surface area contributed by atoms with Crippen LogP contribution in [0.4, 0.5) is 0 Å². The van der Waals surface area contributed by atoms with Crippen molar-refractivity contribution < 1.29 is 14.2 Å². The molecule has 0 aliphatic rings. The van der Waals surface area contributed by atoms with Crippen LogP contribution in [0.15, 0.2) is 24.3 Å². The van der Waals surface area contributed by atoms with Crippen LogP contribution in [0.5, 0.6) is 5.75 Å². The lowest BCUT2D eigenvalue weighted by atomic mass is 10.2. The minimum Gasteiger partial charge on any atom is -0.491 e. The zero-order valence-electron chi connectivity index (χ0n) is 11.1. The predicted octanol–water partition coefficient (Wildman–Crippen LogP) is 3.55. The normalized spacial score (nSPS) is 11.2. The van der Waals surface area contributed by atoms with Crippen LogP contribution in [0.3, 0.4) is 0 Å². The summed E-state index contributed by atoms with van der Waals surface area (Å²) in [7, 11) is 0. The molecule has 3 nitrogen and oxygen atoms in total. The number of hydrogen-bond donors (Lipinski definition) is 0. The Morgan fingerprint density at radius 3 is 2.24 bits per heavy atom. The van der Waals surface area contributed by atoms with E-state index < -0.39 is 0 Å². The Bertz CT molecular complexity index is 317. The number of hydrogen-bond acceptors (Lipinski definition) is 3. The molecule has 1 aromatic carbocycles. The molecule has 0 aliphatic carbocycles. The summed E-state index contributed by atoms with van der Waals surface area (Å²) in [6.45, 7) is 9.19. The maximum atomic E-state index is 5.65. The van der Waals surface area contributed by atoms with Crippen LogP contribution in [0, 0.1) is 0 Å². The van der Waals surface area contributed by atoms with E-state index in [9.17, 15) is 0 Å². The molecule has 0 heterocycles. The van der Waals surface area contributed by atoms with E-state index >= 15 is 0 Å². The second-order valence-corrected chi connectivity index (χ2v) is 3.98. The molecule has 0 atom stereocenters. The van der Waals surface area contributed by atoms with Crippen LogP contribution in [-0.4, -0.2) is 19.3 Å². The number of ether oxygens (including phenoxy) is 3. The monoisotopic (exact) mass is 238 g/mol. The third-order valence-electron chi connectivity index (χ3n) is 2.14. The van der Waals surface area contributed by atoms with Crippen molar-refractivity contribution in [2.24, 2.45) is 0 Å². The van der Waals surface area contributed by atoms with Crippen molar-refractivity contribution in [3.63, 3.8) is 0 Å². The summed E-state index contributed by atoms with van der Waals surface area (Å²) in [5.74, 6) is 0.849. The molecule has 0 amide bonds. The summed E-state index contributed by atoms with van der Waals surface area (Å²) in [5, 5.41) is 0. The lowest BCUT2D eigenvalue weighted by Crippen LogP contribution is -2.10. The molecular formula is C14H22O3. The van der Waals surface area contributed by atoms with Crippen molar-refractivity contribution in [3.8, 4) is 5.75 Å². The van der Waals surface area contributed by atoms with E-state index in [1.165, 1.54) is 0 Å². The molecule has 0 radical (unpaired) electrons. The topological polar surface area (TPSA) is 27.7 Å². The fourth-order valence-corrected chi connectivity index (χ4v) is 1.55. The summed E-state index contributed by atoms with van der Waals surface area (Å²) in [6.07, 6.45) is -0.136. The quantitative estimate of drug-likeness (QED) is 0.680. The Labute approximate surface area is 104 Å². The molecule has 0 N–H and O–H groups in total. The van der Waals surface area contributed by atoms with Gasteiger partial charge in [0.1, 0.15) is 5.75 Å². The highest BCUT2D eigenvalue weighted by Gasteiger charge is 2.12. The van der Waals surface area contributed by atoms with Crippen LogP contribution in [0.25, 0.3) is 0 Å². The summed E-state index contributed by atoms with van der Waals surface area (Å²) in [5.41, 5.74) is 0.992. The molecule has 1 rings (SSSR count). The summed E-state index contributed by atoms with van der Waals surface area (Å²) in [4.78, 5) is 0. The highest BCUT2D eigenvalue weighted by molar-refractivity contribution is 5.29. The standard InChI is InChI=1S/C14H22O3/c1-5-15-14(16-6-2)12-8-7-9-13(10-12)17-11(3)4/h7-11,14H,5-6H2,1-4H3. The van der Waals surface area contributed by atoms with Gasteiger partial charge in [-0.15, -0.1) is 0 Å². The van der Waals surface area contributed by atoms with Crippen molar-refractivity contribution in [1.82, 2.24) is 0 Å². The molecule has 0 spiro atoms. The van der Waals surface area contributed by atoms with E-state index in [0.717, 1.165) is 11.3 Å². The molecular weight excluding hydrogens is 216 g/mol. The van der Waals surface area contributed by atoms with Crippen LogP contribution in [0.2, 0.25) is 0 Å². The minimum absolute atomic E-state index is 0.169. The molecule has 0 saturated carbocycles. The zero-order valence-corrected chi connectivity index (χ0v) is 11.1. The summed E-state index contributed by atoms with van der Waals surface area (Å²) >= 11 is 0. The Kier molecular flexibility index (Phi) is 6.01. The molecule has 0 bridgehead atoms. The van der Waals surface area contributed by atoms with Gasteiger partial charge in [0.25, 0.3) is 0 Å². The maximum absolute atomic E-state index is 5.65. The second kappa shape index (κ2) is 7.30. The first-order chi connectivity index (χ1) is 8.17. The number of rotatable bonds is 7. The van der Waals surface area contributed by atoms with Gasteiger partial charge < -0.3 is 14.2 Å². The van der Waals surface area contributed by atoms with Crippen molar-refractivity contribution >= 4 is 0 Å². The van der Waals surface area contributed by atoms with E-state index in [4.69, 9.17) is 14.2 Å². The lowest BCUT2D eigenvalue weighted by molar-refractivity contribution is -0.140. The van der Waals surface area contributed by atoms with Crippen molar-refractivity contribution in [2.45, 2.75) is 40.1 Å². The SMILES string of the molecule is CCOC(OCC)c1cccc(OC(C)C)c1. The molecule has 0 aromatic heterocycles. The molecule has 1 aromatic rings. The van der Waals surface area contributed by atoms with Gasteiger partial charge in [0, 0.05) is 18.8 Å². The first-order valence-electron chi connectivity index (χ1n) is 6.17. The van der Waals surface area contributed by atoms with Gasteiger partial charge in [-0.3, -0.25) is 0 Å². The van der Waals surface area contributed by atoms with Crippen LogP contribution in [-0.2, 0) is 9.47 Å². The Morgan fingerprint density at radius 2 is 1.71 bits per heavy atom. The molecule has 3 heteroatoms. The molecule has 17 heavy (non-hydrogen) atoms. The van der Waals surface area contributed by atoms with Gasteiger partial charge in [-0.2, -0.15) is 0 Å². The van der Waals surface area contributed by atoms with Crippen molar-refractivity contribution in [1.29, 1.82) is 0 Å². The lowest BCUT2D eigenvalue weighted by Gasteiger charge is -2.18. The predicted molar refractivity (Wildman–Crippen MR) is 68.2 cm³/mol. The van der Waals surface area contributed by atoms with Crippen LogP contribution < -0.4 is 4.74 Å². The average molecular weight is 238 g/mol. The fourth-order valence-electron chi connectivity index (χ4n) is 1.55. The third-order valence-corrected chi connectivity index (χ3v) is 2.14. The molecule has 96 valence electrons. The Hall–Kier alpha value is -1.06. The summed E-state index contributed by atoms with van der Waals surface area (Å²) < 4.78 is 16.8. The molecule has 0 unspecified atom stereocenters. The van der Waals surface area contributed by atoms with E-state index in [1.807, 2.05) is 52.0 Å². The van der Waals surface area contributed by atoms with Gasteiger partial charge in [0.15, 0.2) is 6.29 Å². The zero-order chi connectivity index (χ0) is 12.7. The van der Waals surface area contributed by atoms with E-state index in [1.54, 1.807) is 0 Å². The van der Waals surface area contributed by atoms with Crippen LogP contribution in [0.1, 0.15) is 39.5 Å². The maximum Gasteiger partial charge on any atom is 0.183 e. The molecule has 0 saturated heterocycles. The second-order valence-electron chi connectivity index (χ2n) is 3.98. The Balaban J connectivity index is 2.79. The fraction of sp³-hybridized carbons (Fsp3) is 0.571. The third kappa shape index (κ3) is 4.75. The van der Waals surface area contributed by atoms with Gasteiger partial charge in [-0.25, -0.2) is 0 Å². The largest absolute Gasteiger partial charge is 0.491 e. The van der Waals surface area contributed by atoms with Gasteiger partial charge in [-0.05, 0) is 39.8 Å². The first-order valence-corrected chi connectivity index (χ1v) is 6.17. The van der Waals surface area contributed by atoms with Gasteiger partial charge in [-0.1, -0.05) is 12.1 Å². The van der Waals surface area contributed by atoms with Crippen molar-refractivity contribution in [3.05, 3.63) is 29.8 Å². The van der Waals surface area contributed by atoms with Gasteiger partial charge in [0.2, 0.25) is 0 Å². The first kappa shape index (κ1) is 14.0. The van der Waals surface area contributed by atoms with Crippen molar-refractivity contribution in [2.75, 3.05) is 13.2 Å². The van der Waals surface area contributed by atoms with E-state index in [-0.39, 0.29) is 12.4 Å². The van der Waals surface area contributed by atoms with E-state index in [0.29, 0.717) is 13.2 Å². The highest BCUT2D eigenvalue weighted by Crippen LogP contribution is 2.23. The summed E-state index contributed by atoms with van der Waals surface area (Å²) in [6, 6.07) is 7.86. The number of benzene rings is 1. The highest BCUT2D eigenvalue weighted by atomic mass is 16.7. The Morgan fingerprint density at radius 1 is 1.06 bits per heavy atom. The van der Waals surface area contributed by atoms with Gasteiger partial charge in [0.05, 0.1) is 6.10 Å². The van der Waals surface area contributed by atoms with E-state index in [2.05, 4.69) is 0 Å². The van der Waals surface area contributed by atoms with Crippen LogP contribution >= 0.6 is 0 Å². The minimum atomic E-state index is -0.305. The molecule has 0 fully saturated rings. The molecule has 0 aliphatic heterocycles. The van der Waals surface area contributed by atoms with Gasteiger partial charge >= 0.3 is 0 Å². The smallest absolute Gasteiger partial charge is 0.183 e.